The van der Waals surface area contributed by atoms with Crippen LogP contribution in [0.2, 0.25) is 0 Å². The second kappa shape index (κ2) is 9.78. The molecule has 0 unspecified atom stereocenters. The van der Waals surface area contributed by atoms with Crippen molar-refractivity contribution in [1.82, 2.24) is 24.8 Å². The van der Waals surface area contributed by atoms with Gasteiger partial charge >= 0.3 is 0 Å². The van der Waals surface area contributed by atoms with E-state index < -0.39 is 0 Å². The number of aryl methyl sites for hydroxylation is 2. The Balaban J connectivity index is 0.00000240. The fraction of sp³-hybridized carbons (Fsp3) is 0.476. The van der Waals surface area contributed by atoms with Gasteiger partial charge in [0, 0.05) is 37.5 Å². The lowest BCUT2D eigenvalue weighted by molar-refractivity contribution is 0.289. The maximum Gasteiger partial charge on any atom is 0.190 e. The highest BCUT2D eigenvalue weighted by atomic mass is 35.5. The largest absolute Gasteiger partial charge is 0.361 e. The minimum Gasteiger partial charge on any atom is -0.361 e. The molecule has 0 saturated carbocycles. The molecule has 1 aliphatic heterocycles. The second-order valence-electron chi connectivity index (χ2n) is 7.44. The Labute approximate surface area is 182 Å². The van der Waals surface area contributed by atoms with Crippen molar-refractivity contribution < 1.29 is 4.52 Å². The third kappa shape index (κ3) is 5.21. The van der Waals surface area contributed by atoms with Crippen LogP contribution in [-0.4, -0.2) is 50.2 Å². The Bertz CT molecular complexity index is 954. The monoisotopic (exact) mass is 433 g/mol. The molecule has 1 aromatic carbocycles. The maximum absolute atomic E-state index is 5.23. The molecule has 3 aromatic rings. The molecule has 0 aliphatic carbocycles. The summed E-state index contributed by atoms with van der Waals surface area (Å²) in [5.41, 5.74) is 5.00. The molecule has 0 amide bonds. The molecule has 4 rings (SSSR count). The SMILES string of the molecule is Cc1cc(-c2ccc3c(c2)CCN(CCCSc2nnc(C)n2C)CC3)no1.Cl. The lowest BCUT2D eigenvalue weighted by Gasteiger charge is -2.19. The highest BCUT2D eigenvalue weighted by Crippen LogP contribution is 2.25. The van der Waals surface area contributed by atoms with Crippen LogP contribution < -0.4 is 0 Å². The number of thioether (sulfide) groups is 1. The molecular formula is C21H28ClN5OS. The second-order valence-corrected chi connectivity index (χ2v) is 8.50. The number of hydrogen-bond donors (Lipinski definition) is 0. The van der Waals surface area contributed by atoms with Gasteiger partial charge in [-0.15, -0.1) is 22.6 Å². The number of benzene rings is 1. The fourth-order valence-electron chi connectivity index (χ4n) is 3.62. The van der Waals surface area contributed by atoms with Crippen molar-refractivity contribution in [2.75, 3.05) is 25.4 Å². The molecule has 0 spiro atoms. The first kappa shape index (κ1) is 21.9. The van der Waals surface area contributed by atoms with E-state index in [4.69, 9.17) is 4.52 Å². The van der Waals surface area contributed by atoms with Crippen LogP contribution in [0.3, 0.4) is 0 Å². The number of nitrogens with zero attached hydrogens (tertiary/aromatic N) is 5. The van der Waals surface area contributed by atoms with Crippen molar-refractivity contribution in [3.63, 3.8) is 0 Å². The van der Waals surface area contributed by atoms with E-state index in [0.29, 0.717) is 0 Å². The molecule has 0 radical (unpaired) electrons. The van der Waals surface area contributed by atoms with E-state index in [1.54, 1.807) is 11.8 Å². The third-order valence-corrected chi connectivity index (χ3v) is 6.53. The standard InChI is InChI=1S/C21H27N5OS.ClH/c1-15-13-20(24-27-15)19-6-5-17-7-10-26(11-8-18(17)14-19)9-4-12-28-21-23-22-16(2)25(21)3;/h5-6,13-14H,4,7-12H2,1-3H3;1H. The molecule has 29 heavy (non-hydrogen) atoms. The molecule has 156 valence electrons. The zero-order valence-corrected chi connectivity index (χ0v) is 18.9. The van der Waals surface area contributed by atoms with Gasteiger partial charge in [-0.05, 0) is 56.8 Å². The Hall–Kier alpha value is -1.83. The van der Waals surface area contributed by atoms with Gasteiger partial charge in [-0.2, -0.15) is 0 Å². The lowest BCUT2D eigenvalue weighted by atomic mass is 9.99. The zero-order chi connectivity index (χ0) is 19.5. The first-order valence-electron chi connectivity index (χ1n) is 9.87. The Morgan fingerprint density at radius 2 is 1.86 bits per heavy atom. The maximum atomic E-state index is 5.23. The van der Waals surface area contributed by atoms with Gasteiger partial charge in [-0.25, -0.2) is 0 Å². The van der Waals surface area contributed by atoms with Gasteiger partial charge in [0.05, 0.1) is 0 Å². The first-order valence-corrected chi connectivity index (χ1v) is 10.9. The number of halogens is 1. The van der Waals surface area contributed by atoms with Crippen molar-refractivity contribution in [3.05, 3.63) is 47.0 Å². The van der Waals surface area contributed by atoms with Crippen molar-refractivity contribution in [1.29, 1.82) is 0 Å². The predicted molar refractivity (Wildman–Crippen MR) is 119 cm³/mol. The van der Waals surface area contributed by atoms with E-state index in [-0.39, 0.29) is 12.4 Å². The summed E-state index contributed by atoms with van der Waals surface area (Å²) < 4.78 is 7.29. The average molecular weight is 434 g/mol. The van der Waals surface area contributed by atoms with Crippen LogP contribution >= 0.6 is 24.2 Å². The van der Waals surface area contributed by atoms with E-state index in [1.807, 2.05) is 27.0 Å². The van der Waals surface area contributed by atoms with Crippen molar-refractivity contribution >= 4 is 24.2 Å². The quantitative estimate of drug-likeness (QED) is 0.431. The van der Waals surface area contributed by atoms with Gasteiger partial charge in [0.15, 0.2) is 5.16 Å². The summed E-state index contributed by atoms with van der Waals surface area (Å²) in [6.07, 6.45) is 3.37. The molecule has 6 nitrogen and oxygen atoms in total. The molecular weight excluding hydrogens is 406 g/mol. The molecule has 0 atom stereocenters. The van der Waals surface area contributed by atoms with E-state index in [9.17, 15) is 0 Å². The highest BCUT2D eigenvalue weighted by molar-refractivity contribution is 7.99. The molecule has 0 N–H and O–H groups in total. The van der Waals surface area contributed by atoms with Crippen LogP contribution in [0.4, 0.5) is 0 Å². The summed E-state index contributed by atoms with van der Waals surface area (Å²) in [5.74, 6) is 2.89. The summed E-state index contributed by atoms with van der Waals surface area (Å²) in [6.45, 7) is 7.29. The van der Waals surface area contributed by atoms with Crippen LogP contribution in [-0.2, 0) is 19.9 Å². The van der Waals surface area contributed by atoms with Crippen molar-refractivity contribution in [2.24, 2.45) is 7.05 Å². The highest BCUT2D eigenvalue weighted by Gasteiger charge is 2.15. The zero-order valence-electron chi connectivity index (χ0n) is 17.2. The smallest absolute Gasteiger partial charge is 0.190 e. The number of fused-ring (bicyclic) bond motifs is 1. The summed E-state index contributed by atoms with van der Waals surface area (Å²) >= 11 is 1.80. The van der Waals surface area contributed by atoms with Crippen LogP contribution in [0, 0.1) is 13.8 Å². The third-order valence-electron chi connectivity index (χ3n) is 5.43. The molecule has 1 aliphatic rings. The predicted octanol–water partition coefficient (Wildman–Crippen LogP) is 4.09. The molecule has 0 saturated heterocycles. The lowest BCUT2D eigenvalue weighted by Crippen LogP contribution is -2.27. The first-order chi connectivity index (χ1) is 13.6. The van der Waals surface area contributed by atoms with Gasteiger partial charge in [0.2, 0.25) is 0 Å². The van der Waals surface area contributed by atoms with Crippen LogP contribution in [0.1, 0.15) is 29.1 Å². The summed E-state index contributed by atoms with van der Waals surface area (Å²) in [7, 11) is 2.03. The van der Waals surface area contributed by atoms with Crippen LogP contribution in [0.25, 0.3) is 11.3 Å². The normalized spacial score (nSPS) is 14.3. The van der Waals surface area contributed by atoms with Gasteiger partial charge in [0.1, 0.15) is 17.3 Å². The van der Waals surface area contributed by atoms with Gasteiger partial charge in [-0.1, -0.05) is 29.1 Å². The van der Waals surface area contributed by atoms with Crippen LogP contribution in [0.5, 0.6) is 0 Å². The summed E-state index contributed by atoms with van der Waals surface area (Å²) in [4.78, 5) is 2.59. The molecule has 3 heterocycles. The molecule has 0 bridgehead atoms. The average Bonchev–Trinajstić information content (AvgIpc) is 3.19. The van der Waals surface area contributed by atoms with Gasteiger partial charge < -0.3 is 14.0 Å². The van der Waals surface area contributed by atoms with E-state index in [0.717, 1.165) is 72.6 Å². The number of rotatable bonds is 6. The van der Waals surface area contributed by atoms with Gasteiger partial charge in [-0.3, -0.25) is 0 Å². The van der Waals surface area contributed by atoms with E-state index >= 15 is 0 Å². The number of hydrogen-bond acceptors (Lipinski definition) is 6. The van der Waals surface area contributed by atoms with Gasteiger partial charge in [0.25, 0.3) is 0 Å². The minimum atomic E-state index is 0. The molecule has 8 heteroatoms. The summed E-state index contributed by atoms with van der Waals surface area (Å²) in [5, 5.41) is 13.5. The van der Waals surface area contributed by atoms with Crippen molar-refractivity contribution in [3.8, 4) is 11.3 Å². The van der Waals surface area contributed by atoms with Crippen molar-refractivity contribution in [2.45, 2.75) is 38.3 Å². The minimum absolute atomic E-state index is 0. The van der Waals surface area contributed by atoms with E-state index in [1.165, 1.54) is 11.1 Å². The topological polar surface area (TPSA) is 60.0 Å². The van der Waals surface area contributed by atoms with Crippen LogP contribution in [0.15, 0.2) is 33.9 Å². The Kier molecular flexibility index (Phi) is 7.38. The van der Waals surface area contributed by atoms with E-state index in [2.05, 4.69) is 43.0 Å². The number of aromatic nitrogens is 4. The Morgan fingerprint density at radius 1 is 1.07 bits per heavy atom. The Morgan fingerprint density at radius 3 is 2.55 bits per heavy atom. The fourth-order valence-corrected chi connectivity index (χ4v) is 4.50. The molecule has 0 fully saturated rings. The summed E-state index contributed by atoms with van der Waals surface area (Å²) in [6, 6.07) is 8.74. The molecule has 2 aromatic heterocycles.